The third-order valence-electron chi connectivity index (χ3n) is 16.6. The first-order valence-electron chi connectivity index (χ1n) is 37.3. The molecule has 91 heavy (non-hydrogen) atoms. The molecule has 0 aliphatic rings. The molecule has 17 nitrogen and oxygen atoms in total. The maximum Gasteiger partial charge on any atom is 0.472 e. The van der Waals surface area contributed by atoms with Gasteiger partial charge in [-0.25, -0.2) is 9.13 Å². The molecule has 0 aliphatic heterocycles. The lowest BCUT2D eigenvalue weighted by Gasteiger charge is -2.21. The highest BCUT2D eigenvalue weighted by atomic mass is 31.2. The third kappa shape index (κ3) is 66.5. The van der Waals surface area contributed by atoms with Gasteiger partial charge in [-0.2, -0.15) is 0 Å². The summed E-state index contributed by atoms with van der Waals surface area (Å²) in [5, 5.41) is 10.6. The number of aliphatic hydroxyl groups is 1. The molecule has 0 spiro atoms. The Labute approximate surface area is 556 Å². The fraction of sp³-hybridized carbons (Fsp3) is 0.944. The average molecular weight is 1340 g/mol. The van der Waals surface area contributed by atoms with E-state index in [1.54, 1.807) is 0 Å². The normalized spacial score (nSPS) is 14.2. The standard InChI is InChI=1S/C72H140O17P2/c1-8-9-10-11-12-32-39-46-53-69(74)82-59-67(88-72(77)56-49-42-35-28-22-20-25-31-38-45-52-65(6)7)61-86-90(78,79)84-57-66(73)58-85-91(80,81)87-62-68(60-83-70(75)54-47-40-33-26-21-19-24-30-37-44-51-64(4)5)89-71(76)55-48-41-34-27-18-16-14-13-15-17-23-29-36-43-50-63(2)3/h63-68,73H,8-62H2,1-7H3,(H,78,79)(H,80,81)/t66-,67+,68+/m0/s1. The van der Waals surface area contributed by atoms with Crippen LogP contribution in [0.25, 0.3) is 0 Å². The number of phosphoric ester groups is 2. The van der Waals surface area contributed by atoms with Crippen molar-refractivity contribution in [3.05, 3.63) is 0 Å². The van der Waals surface area contributed by atoms with E-state index in [-0.39, 0.29) is 25.7 Å². The second-order valence-corrected chi connectivity index (χ2v) is 30.3. The zero-order chi connectivity index (χ0) is 67.3. The van der Waals surface area contributed by atoms with Crippen LogP contribution in [0, 0.1) is 17.8 Å². The average Bonchev–Trinajstić information content (AvgIpc) is 3.71. The minimum Gasteiger partial charge on any atom is -0.462 e. The van der Waals surface area contributed by atoms with Gasteiger partial charge in [0.15, 0.2) is 12.2 Å². The van der Waals surface area contributed by atoms with E-state index < -0.39 is 97.5 Å². The Morgan fingerprint density at radius 2 is 0.505 bits per heavy atom. The molecule has 0 amide bonds. The summed E-state index contributed by atoms with van der Waals surface area (Å²) >= 11 is 0. The molecule has 540 valence electrons. The number of hydrogen-bond acceptors (Lipinski definition) is 15. The highest BCUT2D eigenvalue weighted by molar-refractivity contribution is 7.47. The largest absolute Gasteiger partial charge is 0.472 e. The first-order chi connectivity index (χ1) is 43.7. The van der Waals surface area contributed by atoms with Crippen molar-refractivity contribution in [1.29, 1.82) is 0 Å². The number of esters is 4. The van der Waals surface area contributed by atoms with Gasteiger partial charge in [-0.1, -0.05) is 312 Å². The van der Waals surface area contributed by atoms with Crippen LogP contribution in [0.1, 0.15) is 363 Å². The molecule has 0 aromatic carbocycles. The van der Waals surface area contributed by atoms with Crippen LogP contribution in [0.3, 0.4) is 0 Å². The molecule has 0 bridgehead atoms. The zero-order valence-electron chi connectivity index (χ0n) is 59.3. The van der Waals surface area contributed by atoms with Gasteiger partial charge >= 0.3 is 39.5 Å². The van der Waals surface area contributed by atoms with E-state index in [0.717, 1.165) is 114 Å². The van der Waals surface area contributed by atoms with E-state index in [9.17, 15) is 43.2 Å². The van der Waals surface area contributed by atoms with Crippen LogP contribution in [-0.4, -0.2) is 96.7 Å². The van der Waals surface area contributed by atoms with Gasteiger partial charge in [-0.05, 0) is 43.4 Å². The summed E-state index contributed by atoms with van der Waals surface area (Å²) in [6.07, 6.45) is 47.2. The molecule has 0 aromatic heterocycles. The molecule has 0 heterocycles. The summed E-state index contributed by atoms with van der Waals surface area (Å²) in [7, 11) is -9.90. The predicted octanol–water partition coefficient (Wildman–Crippen LogP) is 20.6. The van der Waals surface area contributed by atoms with Crippen LogP contribution in [-0.2, 0) is 65.4 Å². The van der Waals surface area contributed by atoms with Crippen molar-refractivity contribution in [2.24, 2.45) is 17.8 Å². The van der Waals surface area contributed by atoms with Gasteiger partial charge in [-0.3, -0.25) is 37.3 Å². The highest BCUT2D eigenvalue weighted by Gasteiger charge is 2.30. The van der Waals surface area contributed by atoms with Crippen LogP contribution < -0.4 is 0 Å². The Balaban J connectivity index is 5.22. The second-order valence-electron chi connectivity index (χ2n) is 27.4. The summed E-state index contributed by atoms with van der Waals surface area (Å²) in [4.78, 5) is 72.6. The van der Waals surface area contributed by atoms with Crippen molar-refractivity contribution in [3.63, 3.8) is 0 Å². The van der Waals surface area contributed by atoms with E-state index in [0.29, 0.717) is 25.7 Å². The fourth-order valence-electron chi connectivity index (χ4n) is 10.9. The Kier molecular flexibility index (Phi) is 61.5. The molecular weight excluding hydrogens is 1200 g/mol. The monoisotopic (exact) mass is 1340 g/mol. The van der Waals surface area contributed by atoms with Crippen LogP contribution in [0.2, 0.25) is 0 Å². The molecular formula is C72H140O17P2. The third-order valence-corrected chi connectivity index (χ3v) is 18.5. The summed E-state index contributed by atoms with van der Waals surface area (Å²) in [5.74, 6) is 0.181. The van der Waals surface area contributed by atoms with Crippen molar-refractivity contribution >= 4 is 39.5 Å². The van der Waals surface area contributed by atoms with Crippen molar-refractivity contribution < 1.29 is 80.2 Å². The molecule has 0 saturated carbocycles. The number of phosphoric acid groups is 2. The Morgan fingerprint density at radius 3 is 0.747 bits per heavy atom. The summed E-state index contributed by atoms with van der Waals surface area (Å²) in [6, 6.07) is 0. The topological polar surface area (TPSA) is 237 Å². The number of aliphatic hydroxyl groups excluding tert-OH is 1. The van der Waals surface area contributed by atoms with Gasteiger partial charge in [-0.15, -0.1) is 0 Å². The van der Waals surface area contributed by atoms with Crippen LogP contribution in [0.15, 0.2) is 0 Å². The van der Waals surface area contributed by atoms with Gasteiger partial charge in [0, 0.05) is 25.7 Å². The lowest BCUT2D eigenvalue weighted by Crippen LogP contribution is -2.30. The summed E-state index contributed by atoms with van der Waals surface area (Å²) in [6.45, 7) is 11.8. The molecule has 0 radical (unpaired) electrons. The van der Waals surface area contributed by atoms with Crippen molar-refractivity contribution in [3.8, 4) is 0 Å². The van der Waals surface area contributed by atoms with E-state index in [1.165, 1.54) is 167 Å². The van der Waals surface area contributed by atoms with Gasteiger partial charge < -0.3 is 33.8 Å². The van der Waals surface area contributed by atoms with Gasteiger partial charge in [0.25, 0.3) is 0 Å². The SMILES string of the molecule is CCCCCCCCCCC(=O)OC[C@H](COP(=O)(O)OC[C@H](O)COP(=O)(O)OC[C@@H](COC(=O)CCCCCCCCCCCCC(C)C)OC(=O)CCCCCCCCCCCCCCCCC(C)C)OC(=O)CCCCCCCCCCCCC(C)C. The molecule has 0 fully saturated rings. The molecule has 3 N–H and O–H groups in total. The maximum atomic E-state index is 13.0. The van der Waals surface area contributed by atoms with E-state index in [4.69, 9.17) is 37.0 Å². The van der Waals surface area contributed by atoms with Crippen LogP contribution in [0.4, 0.5) is 0 Å². The molecule has 0 rings (SSSR count). The molecule has 2 unspecified atom stereocenters. The van der Waals surface area contributed by atoms with E-state index >= 15 is 0 Å². The lowest BCUT2D eigenvalue weighted by molar-refractivity contribution is -0.161. The number of rotatable bonds is 70. The molecule has 5 atom stereocenters. The van der Waals surface area contributed by atoms with Crippen LogP contribution in [0.5, 0.6) is 0 Å². The number of unbranched alkanes of at least 4 members (excludes halogenated alkanes) is 38. The van der Waals surface area contributed by atoms with E-state index in [1.807, 2.05) is 0 Å². The first kappa shape index (κ1) is 89.1. The smallest absolute Gasteiger partial charge is 0.462 e. The second kappa shape index (κ2) is 62.8. The highest BCUT2D eigenvalue weighted by Crippen LogP contribution is 2.45. The van der Waals surface area contributed by atoms with Crippen molar-refractivity contribution in [2.45, 2.75) is 381 Å². The molecule has 0 aromatic rings. The summed E-state index contributed by atoms with van der Waals surface area (Å²) in [5.41, 5.74) is 0. The fourth-order valence-corrected chi connectivity index (χ4v) is 12.5. The first-order valence-corrected chi connectivity index (χ1v) is 40.3. The number of hydrogen-bond donors (Lipinski definition) is 3. The number of ether oxygens (including phenoxy) is 4. The zero-order valence-corrected chi connectivity index (χ0v) is 61.1. The quantitative estimate of drug-likeness (QED) is 0.0222. The van der Waals surface area contributed by atoms with Crippen molar-refractivity contribution in [1.82, 2.24) is 0 Å². The Morgan fingerprint density at radius 1 is 0.297 bits per heavy atom. The molecule has 19 heteroatoms. The lowest BCUT2D eigenvalue weighted by atomic mass is 10.0. The molecule has 0 saturated heterocycles. The van der Waals surface area contributed by atoms with Gasteiger partial charge in [0.1, 0.15) is 19.3 Å². The minimum absolute atomic E-state index is 0.105. The Bertz CT molecular complexity index is 1780. The Hall–Kier alpha value is -1.94. The van der Waals surface area contributed by atoms with E-state index in [2.05, 4.69) is 48.5 Å². The number of carbonyl (C=O) groups excluding carboxylic acids is 4. The van der Waals surface area contributed by atoms with Gasteiger partial charge in [0.2, 0.25) is 0 Å². The van der Waals surface area contributed by atoms with Crippen molar-refractivity contribution in [2.75, 3.05) is 39.6 Å². The molecule has 0 aliphatic carbocycles. The maximum absolute atomic E-state index is 13.0. The van der Waals surface area contributed by atoms with Crippen LogP contribution >= 0.6 is 15.6 Å². The van der Waals surface area contributed by atoms with Gasteiger partial charge in [0.05, 0.1) is 26.4 Å². The predicted molar refractivity (Wildman–Crippen MR) is 368 cm³/mol. The summed E-state index contributed by atoms with van der Waals surface area (Å²) < 4.78 is 68.3. The minimum atomic E-state index is -4.95. The number of carbonyl (C=O) groups is 4.